The van der Waals surface area contributed by atoms with Gasteiger partial charge in [0, 0.05) is 23.8 Å². The molecule has 142 valence electrons. The molecule has 3 rings (SSSR count). The number of rotatable bonds is 4. The molecule has 2 aromatic carbocycles. The zero-order valence-corrected chi connectivity index (χ0v) is 16.8. The number of nitrogens with zero attached hydrogens (tertiary/aromatic N) is 2. The van der Waals surface area contributed by atoms with Crippen molar-refractivity contribution in [2.24, 2.45) is 0 Å². The van der Waals surface area contributed by atoms with Crippen LogP contribution in [0.2, 0.25) is 10.0 Å². The van der Waals surface area contributed by atoms with Gasteiger partial charge in [-0.2, -0.15) is 0 Å². The van der Waals surface area contributed by atoms with Gasteiger partial charge in [0.15, 0.2) is 0 Å². The first kappa shape index (κ1) is 19.9. The van der Waals surface area contributed by atoms with Crippen molar-refractivity contribution in [1.82, 2.24) is 4.98 Å². The molecule has 3 aromatic rings. The maximum absolute atomic E-state index is 13.0. The zero-order chi connectivity index (χ0) is 20.3. The van der Waals surface area contributed by atoms with Gasteiger partial charge in [-0.25, -0.2) is 4.98 Å². The number of carbonyl (C=O) groups excluding carboxylic acids is 2. The van der Waals surface area contributed by atoms with Gasteiger partial charge in [-0.05, 0) is 49.4 Å². The third kappa shape index (κ3) is 4.50. The summed E-state index contributed by atoms with van der Waals surface area (Å²) < 4.78 is 0. The SMILES string of the molecule is Cc1ccc(C(=O)Nc2ccc(Cl)cc2C(=O)N(C)c2ccc(Cl)cn2)cc1. The van der Waals surface area contributed by atoms with Gasteiger partial charge in [-0.15, -0.1) is 0 Å². The quantitative estimate of drug-likeness (QED) is 0.636. The predicted molar refractivity (Wildman–Crippen MR) is 113 cm³/mol. The number of aryl methyl sites for hydroxylation is 1. The smallest absolute Gasteiger partial charge is 0.261 e. The minimum absolute atomic E-state index is 0.257. The average molecular weight is 414 g/mol. The van der Waals surface area contributed by atoms with E-state index in [1.165, 1.54) is 17.2 Å². The number of halogens is 2. The predicted octanol–water partition coefficient (Wildman–Crippen LogP) is 5.23. The molecule has 0 radical (unpaired) electrons. The maximum atomic E-state index is 13.0. The van der Waals surface area contributed by atoms with E-state index in [1.54, 1.807) is 43.4 Å². The van der Waals surface area contributed by atoms with E-state index in [2.05, 4.69) is 10.3 Å². The van der Waals surface area contributed by atoms with Gasteiger partial charge in [0.25, 0.3) is 11.8 Å². The molecule has 0 aliphatic heterocycles. The van der Waals surface area contributed by atoms with E-state index < -0.39 is 0 Å². The monoisotopic (exact) mass is 413 g/mol. The van der Waals surface area contributed by atoms with E-state index >= 15 is 0 Å². The van der Waals surface area contributed by atoms with Crippen LogP contribution in [0.5, 0.6) is 0 Å². The highest BCUT2D eigenvalue weighted by Crippen LogP contribution is 2.25. The fourth-order valence-corrected chi connectivity index (χ4v) is 2.84. The molecular weight excluding hydrogens is 397 g/mol. The lowest BCUT2D eigenvalue weighted by Crippen LogP contribution is -2.28. The summed E-state index contributed by atoms with van der Waals surface area (Å²) in [7, 11) is 1.59. The summed E-state index contributed by atoms with van der Waals surface area (Å²) in [5.74, 6) is -0.259. The summed E-state index contributed by atoms with van der Waals surface area (Å²) >= 11 is 11.9. The van der Waals surface area contributed by atoms with E-state index in [0.717, 1.165) is 5.56 Å². The number of carbonyl (C=O) groups is 2. The van der Waals surface area contributed by atoms with Crippen molar-refractivity contribution in [1.29, 1.82) is 0 Å². The average Bonchev–Trinajstić information content (AvgIpc) is 2.69. The van der Waals surface area contributed by atoms with Gasteiger partial charge in [0.1, 0.15) is 5.82 Å². The Labute approximate surface area is 172 Å². The fraction of sp³-hybridized carbons (Fsp3) is 0.0952. The molecular formula is C21H17Cl2N3O2. The molecule has 1 aromatic heterocycles. The molecule has 1 heterocycles. The molecule has 5 nitrogen and oxygen atoms in total. The van der Waals surface area contributed by atoms with E-state index in [0.29, 0.717) is 27.1 Å². The Balaban J connectivity index is 1.89. The van der Waals surface area contributed by atoms with Crippen LogP contribution in [0.1, 0.15) is 26.3 Å². The number of nitrogens with one attached hydrogen (secondary N) is 1. The maximum Gasteiger partial charge on any atom is 0.261 e. The Bertz CT molecular complexity index is 1020. The van der Waals surface area contributed by atoms with Gasteiger partial charge >= 0.3 is 0 Å². The number of hydrogen-bond donors (Lipinski definition) is 1. The number of aromatic nitrogens is 1. The summed E-state index contributed by atoms with van der Waals surface area (Å²) in [5.41, 5.74) is 2.16. The van der Waals surface area contributed by atoms with Crippen LogP contribution < -0.4 is 10.2 Å². The van der Waals surface area contributed by atoms with Crippen molar-refractivity contribution in [2.45, 2.75) is 6.92 Å². The number of hydrogen-bond acceptors (Lipinski definition) is 3. The van der Waals surface area contributed by atoms with Crippen molar-refractivity contribution < 1.29 is 9.59 Å². The minimum Gasteiger partial charge on any atom is -0.321 e. The molecule has 28 heavy (non-hydrogen) atoms. The standard InChI is InChI=1S/C21H17Cl2N3O2/c1-13-3-5-14(6-4-13)20(27)25-18-9-7-15(22)11-17(18)21(28)26(2)19-10-8-16(23)12-24-19/h3-12H,1-2H3,(H,25,27). The number of anilines is 2. The molecule has 0 saturated carbocycles. The van der Waals surface area contributed by atoms with Gasteiger partial charge in [-0.1, -0.05) is 40.9 Å². The highest BCUT2D eigenvalue weighted by Gasteiger charge is 2.20. The van der Waals surface area contributed by atoms with Crippen molar-refractivity contribution in [3.63, 3.8) is 0 Å². The van der Waals surface area contributed by atoms with Crippen molar-refractivity contribution in [2.75, 3.05) is 17.3 Å². The van der Waals surface area contributed by atoms with Gasteiger partial charge in [0.2, 0.25) is 0 Å². The minimum atomic E-state index is -0.364. The lowest BCUT2D eigenvalue weighted by molar-refractivity contribution is 0.0993. The van der Waals surface area contributed by atoms with Crippen LogP contribution in [-0.4, -0.2) is 23.8 Å². The Morgan fingerprint density at radius 2 is 1.64 bits per heavy atom. The second-order valence-electron chi connectivity index (χ2n) is 6.21. The highest BCUT2D eigenvalue weighted by atomic mass is 35.5. The molecule has 1 N–H and O–H groups in total. The molecule has 0 atom stereocenters. The van der Waals surface area contributed by atoms with Crippen molar-refractivity contribution in [3.8, 4) is 0 Å². The molecule has 0 bridgehead atoms. The first-order valence-corrected chi connectivity index (χ1v) is 9.18. The van der Waals surface area contributed by atoms with Crippen LogP contribution in [0.25, 0.3) is 0 Å². The van der Waals surface area contributed by atoms with Gasteiger partial charge in [-0.3, -0.25) is 14.5 Å². The number of amides is 2. The molecule has 0 aliphatic rings. The Kier molecular flexibility index (Phi) is 5.97. The molecule has 0 unspecified atom stereocenters. The summed E-state index contributed by atoms with van der Waals surface area (Å²) in [4.78, 5) is 31.1. The largest absolute Gasteiger partial charge is 0.321 e. The fourth-order valence-electron chi connectivity index (χ4n) is 2.55. The van der Waals surface area contributed by atoms with E-state index in [-0.39, 0.29) is 17.4 Å². The topological polar surface area (TPSA) is 62.3 Å². The molecule has 2 amide bonds. The highest BCUT2D eigenvalue weighted by molar-refractivity contribution is 6.31. The molecule has 0 saturated heterocycles. The molecule has 0 spiro atoms. The van der Waals surface area contributed by atoms with Crippen LogP contribution in [0.4, 0.5) is 11.5 Å². The summed E-state index contributed by atoms with van der Waals surface area (Å²) in [5, 5.41) is 3.64. The third-order valence-electron chi connectivity index (χ3n) is 4.13. The summed E-state index contributed by atoms with van der Waals surface area (Å²) in [6.45, 7) is 1.94. The van der Waals surface area contributed by atoms with Crippen LogP contribution in [-0.2, 0) is 0 Å². The van der Waals surface area contributed by atoms with Crippen LogP contribution >= 0.6 is 23.2 Å². The van der Waals surface area contributed by atoms with Crippen molar-refractivity contribution in [3.05, 3.63) is 87.5 Å². The van der Waals surface area contributed by atoms with Gasteiger partial charge < -0.3 is 5.32 Å². The van der Waals surface area contributed by atoms with Gasteiger partial charge in [0.05, 0.1) is 16.3 Å². The summed E-state index contributed by atoms with van der Waals surface area (Å²) in [6.07, 6.45) is 1.46. The Morgan fingerprint density at radius 1 is 0.964 bits per heavy atom. The number of pyridine rings is 1. The zero-order valence-electron chi connectivity index (χ0n) is 15.2. The summed E-state index contributed by atoms with van der Waals surface area (Å²) in [6, 6.07) is 15.2. The normalized spacial score (nSPS) is 10.4. The van der Waals surface area contributed by atoms with E-state index in [4.69, 9.17) is 23.2 Å². The second-order valence-corrected chi connectivity index (χ2v) is 7.08. The van der Waals surface area contributed by atoms with Crippen LogP contribution in [0.3, 0.4) is 0 Å². The second kappa shape index (κ2) is 8.42. The lowest BCUT2D eigenvalue weighted by Gasteiger charge is -2.19. The first-order valence-electron chi connectivity index (χ1n) is 8.42. The van der Waals surface area contributed by atoms with E-state index in [9.17, 15) is 9.59 Å². The number of benzene rings is 2. The Morgan fingerprint density at radius 3 is 2.29 bits per heavy atom. The molecule has 7 heteroatoms. The van der Waals surface area contributed by atoms with Crippen molar-refractivity contribution >= 4 is 46.5 Å². The lowest BCUT2D eigenvalue weighted by atomic mass is 10.1. The van der Waals surface area contributed by atoms with E-state index in [1.807, 2.05) is 19.1 Å². The first-order chi connectivity index (χ1) is 13.3. The van der Waals surface area contributed by atoms with Crippen LogP contribution in [0.15, 0.2) is 60.8 Å². The molecule has 0 fully saturated rings. The Hall–Kier alpha value is -2.89. The van der Waals surface area contributed by atoms with Crippen LogP contribution in [0, 0.1) is 6.92 Å². The third-order valence-corrected chi connectivity index (χ3v) is 4.59. The molecule has 0 aliphatic carbocycles.